The van der Waals surface area contributed by atoms with Crippen LogP contribution >= 0.6 is 0 Å². The van der Waals surface area contributed by atoms with Crippen LogP contribution < -0.4 is 4.90 Å². The Bertz CT molecular complexity index is 794. The number of anilines is 1. The van der Waals surface area contributed by atoms with Crippen LogP contribution in [0.5, 0.6) is 0 Å². The van der Waals surface area contributed by atoms with E-state index in [9.17, 15) is 4.39 Å². The Morgan fingerprint density at radius 1 is 1.23 bits per heavy atom. The molecule has 22 heavy (non-hydrogen) atoms. The summed E-state index contributed by atoms with van der Waals surface area (Å²) in [5.41, 5.74) is 1.84. The van der Waals surface area contributed by atoms with Gasteiger partial charge in [-0.2, -0.15) is 5.10 Å². The van der Waals surface area contributed by atoms with E-state index in [1.165, 1.54) is 25.0 Å². The molecular formula is C16H16FN5. The van der Waals surface area contributed by atoms with E-state index in [-0.39, 0.29) is 11.9 Å². The second-order valence-electron chi connectivity index (χ2n) is 5.77. The van der Waals surface area contributed by atoms with Crippen LogP contribution in [-0.4, -0.2) is 27.2 Å². The van der Waals surface area contributed by atoms with E-state index < -0.39 is 0 Å². The molecule has 2 aromatic heterocycles. The van der Waals surface area contributed by atoms with Gasteiger partial charge in [-0.3, -0.25) is 5.10 Å². The molecule has 6 heteroatoms. The van der Waals surface area contributed by atoms with Crippen molar-refractivity contribution in [3.63, 3.8) is 0 Å². The van der Waals surface area contributed by atoms with E-state index in [1.807, 2.05) is 19.2 Å². The third kappa shape index (κ3) is 2.20. The largest absolute Gasteiger partial charge is 0.352 e. The number of aromatic amines is 1. The summed E-state index contributed by atoms with van der Waals surface area (Å²) in [4.78, 5) is 10.8. The fourth-order valence-electron chi connectivity index (χ4n) is 3.05. The maximum Gasteiger partial charge on any atom is 0.160 e. The van der Waals surface area contributed by atoms with Crippen molar-refractivity contribution in [3.05, 3.63) is 48.2 Å². The number of nitrogens with one attached hydrogen (secondary N) is 1. The molecule has 112 valence electrons. The average Bonchev–Trinajstić information content (AvgIpc) is 3.24. The maximum atomic E-state index is 13.2. The Morgan fingerprint density at radius 3 is 2.73 bits per heavy atom. The molecule has 0 amide bonds. The van der Waals surface area contributed by atoms with Crippen LogP contribution in [0.15, 0.2) is 36.8 Å². The molecule has 1 aromatic carbocycles. The van der Waals surface area contributed by atoms with Gasteiger partial charge in [-0.25, -0.2) is 14.4 Å². The lowest BCUT2D eigenvalue weighted by atomic mass is 10.0. The van der Waals surface area contributed by atoms with E-state index in [2.05, 4.69) is 25.1 Å². The predicted octanol–water partition coefficient (Wildman–Crippen LogP) is 3.08. The van der Waals surface area contributed by atoms with E-state index in [1.54, 1.807) is 12.5 Å². The summed E-state index contributed by atoms with van der Waals surface area (Å²) < 4.78 is 13.2. The quantitative estimate of drug-likeness (QED) is 0.804. The minimum Gasteiger partial charge on any atom is -0.352 e. The smallest absolute Gasteiger partial charge is 0.160 e. The van der Waals surface area contributed by atoms with Gasteiger partial charge in [0.2, 0.25) is 0 Å². The number of fused-ring (bicyclic) bond motifs is 1. The third-order valence-electron chi connectivity index (χ3n) is 4.26. The van der Waals surface area contributed by atoms with Crippen molar-refractivity contribution in [1.29, 1.82) is 0 Å². The van der Waals surface area contributed by atoms with E-state index in [4.69, 9.17) is 0 Å². The molecule has 1 saturated carbocycles. The van der Waals surface area contributed by atoms with Gasteiger partial charge in [-0.1, -0.05) is 12.1 Å². The zero-order valence-corrected chi connectivity index (χ0v) is 12.2. The molecule has 4 rings (SSSR count). The Kier molecular flexibility index (Phi) is 3.03. The van der Waals surface area contributed by atoms with Gasteiger partial charge in [0, 0.05) is 7.05 Å². The summed E-state index contributed by atoms with van der Waals surface area (Å²) in [5, 5.41) is 7.81. The van der Waals surface area contributed by atoms with Crippen molar-refractivity contribution in [2.45, 2.75) is 18.9 Å². The molecule has 5 nitrogen and oxygen atoms in total. The number of benzene rings is 1. The first-order chi connectivity index (χ1) is 10.7. The zero-order valence-electron chi connectivity index (χ0n) is 12.2. The SMILES string of the molecule is CN(c1ncnc2[nH]ncc12)C(c1ccc(F)cc1)C1CC1. The molecule has 1 fully saturated rings. The molecule has 1 atom stereocenters. The van der Waals surface area contributed by atoms with Gasteiger partial charge in [0.1, 0.15) is 18.0 Å². The molecular weight excluding hydrogens is 281 g/mol. The van der Waals surface area contributed by atoms with Crippen LogP contribution in [-0.2, 0) is 0 Å². The van der Waals surface area contributed by atoms with E-state index in [0.29, 0.717) is 5.92 Å². The van der Waals surface area contributed by atoms with Gasteiger partial charge in [0.15, 0.2) is 5.65 Å². The molecule has 0 aliphatic heterocycles. The number of nitrogens with zero attached hydrogens (tertiary/aromatic N) is 4. The molecule has 0 spiro atoms. The molecule has 2 heterocycles. The minimum absolute atomic E-state index is 0.189. The first kappa shape index (κ1) is 13.2. The highest BCUT2D eigenvalue weighted by atomic mass is 19.1. The van der Waals surface area contributed by atoms with Crippen LogP contribution in [0.3, 0.4) is 0 Å². The van der Waals surface area contributed by atoms with Gasteiger partial charge in [-0.15, -0.1) is 0 Å². The van der Waals surface area contributed by atoms with Crippen molar-refractivity contribution >= 4 is 16.9 Å². The summed E-state index contributed by atoms with van der Waals surface area (Å²) in [6.07, 6.45) is 5.66. The van der Waals surface area contributed by atoms with Gasteiger partial charge < -0.3 is 4.90 Å². The molecule has 0 radical (unpaired) electrons. The highest BCUT2D eigenvalue weighted by molar-refractivity contribution is 5.86. The lowest BCUT2D eigenvalue weighted by Gasteiger charge is -2.30. The van der Waals surface area contributed by atoms with E-state index in [0.717, 1.165) is 22.4 Å². The highest BCUT2D eigenvalue weighted by Crippen LogP contribution is 2.45. The summed E-state index contributed by atoms with van der Waals surface area (Å²) in [7, 11) is 2.03. The van der Waals surface area contributed by atoms with Crippen molar-refractivity contribution in [1.82, 2.24) is 20.2 Å². The normalized spacial score (nSPS) is 15.9. The fraction of sp³-hybridized carbons (Fsp3) is 0.312. The molecule has 1 aliphatic rings. The van der Waals surface area contributed by atoms with Gasteiger partial charge >= 0.3 is 0 Å². The summed E-state index contributed by atoms with van der Waals surface area (Å²) in [5.74, 6) is 1.22. The Hall–Kier alpha value is -2.50. The lowest BCUT2D eigenvalue weighted by molar-refractivity contribution is 0.583. The second kappa shape index (κ2) is 5.05. The molecule has 1 aliphatic carbocycles. The Balaban J connectivity index is 1.76. The Labute approximate surface area is 127 Å². The number of hydrogen-bond acceptors (Lipinski definition) is 4. The van der Waals surface area contributed by atoms with Crippen molar-refractivity contribution < 1.29 is 4.39 Å². The van der Waals surface area contributed by atoms with Crippen LogP contribution in [0.25, 0.3) is 11.0 Å². The summed E-state index contributed by atoms with van der Waals surface area (Å²) >= 11 is 0. The zero-order chi connectivity index (χ0) is 15.1. The summed E-state index contributed by atoms with van der Waals surface area (Å²) in [6, 6.07) is 6.96. The van der Waals surface area contributed by atoms with Gasteiger partial charge in [-0.05, 0) is 36.5 Å². The average molecular weight is 297 g/mol. The standard InChI is InChI=1S/C16H16FN5/c1-22(16-13-8-20-21-15(13)18-9-19-16)14(10-2-3-10)11-4-6-12(17)7-5-11/h4-10,14H,2-3H2,1H3,(H,18,19,20,21). The Morgan fingerprint density at radius 2 is 2.00 bits per heavy atom. The number of H-pyrrole nitrogens is 1. The van der Waals surface area contributed by atoms with Crippen molar-refractivity contribution in [2.75, 3.05) is 11.9 Å². The van der Waals surface area contributed by atoms with Crippen LogP contribution in [0.2, 0.25) is 0 Å². The van der Waals surface area contributed by atoms with Crippen LogP contribution in [0, 0.1) is 11.7 Å². The lowest BCUT2D eigenvalue weighted by Crippen LogP contribution is -2.27. The number of halogens is 1. The highest BCUT2D eigenvalue weighted by Gasteiger charge is 2.36. The van der Waals surface area contributed by atoms with Crippen molar-refractivity contribution in [3.8, 4) is 0 Å². The van der Waals surface area contributed by atoms with E-state index >= 15 is 0 Å². The van der Waals surface area contributed by atoms with Crippen LogP contribution in [0.1, 0.15) is 24.4 Å². The molecule has 1 unspecified atom stereocenters. The first-order valence-corrected chi connectivity index (χ1v) is 7.36. The summed E-state index contributed by atoms with van der Waals surface area (Å²) in [6.45, 7) is 0. The maximum absolute atomic E-state index is 13.2. The second-order valence-corrected chi connectivity index (χ2v) is 5.77. The number of aromatic nitrogens is 4. The minimum atomic E-state index is -0.208. The molecule has 3 aromatic rings. The number of hydrogen-bond donors (Lipinski definition) is 1. The molecule has 0 bridgehead atoms. The number of rotatable bonds is 4. The van der Waals surface area contributed by atoms with Gasteiger partial charge in [0.25, 0.3) is 0 Å². The van der Waals surface area contributed by atoms with Gasteiger partial charge in [0.05, 0.1) is 17.6 Å². The predicted molar refractivity (Wildman–Crippen MR) is 82.0 cm³/mol. The third-order valence-corrected chi connectivity index (χ3v) is 4.26. The first-order valence-electron chi connectivity index (χ1n) is 7.36. The van der Waals surface area contributed by atoms with Crippen LogP contribution in [0.4, 0.5) is 10.2 Å². The molecule has 1 N–H and O–H groups in total. The molecule has 0 saturated heterocycles. The monoisotopic (exact) mass is 297 g/mol. The van der Waals surface area contributed by atoms with Crippen molar-refractivity contribution in [2.24, 2.45) is 5.92 Å². The fourth-order valence-corrected chi connectivity index (χ4v) is 3.05. The topological polar surface area (TPSA) is 57.7 Å².